The highest BCUT2D eigenvalue weighted by Gasteiger charge is 2.15. The second kappa shape index (κ2) is 7.56. The fourth-order valence-corrected chi connectivity index (χ4v) is 2.45. The maximum Gasteiger partial charge on any atom is 0.288 e. The van der Waals surface area contributed by atoms with Crippen molar-refractivity contribution < 1.29 is 9.72 Å². The smallest absolute Gasteiger partial charge is 0.288 e. The van der Waals surface area contributed by atoms with Gasteiger partial charge in [-0.05, 0) is 41.4 Å². The number of rotatable bonds is 6. The molecule has 122 valence electrons. The molecule has 0 aliphatic rings. The molecule has 1 aromatic heterocycles. The molecule has 0 bridgehead atoms. The Morgan fingerprint density at radius 3 is 2.87 bits per heavy atom. The average Bonchev–Trinajstić information content (AvgIpc) is 2.82. The van der Waals surface area contributed by atoms with Crippen molar-refractivity contribution in [3.8, 4) is 0 Å². The number of hydrogen-bond acceptors (Lipinski definition) is 4. The lowest BCUT2D eigenvalue weighted by molar-refractivity contribution is -0.384. The second-order valence-corrected chi connectivity index (χ2v) is 6.12. The first-order valence-electron chi connectivity index (χ1n) is 6.80. The Labute approximate surface area is 145 Å². The van der Waals surface area contributed by atoms with Crippen molar-refractivity contribution in [1.29, 1.82) is 0 Å². The lowest BCUT2D eigenvalue weighted by atomic mass is 10.2. The first kappa shape index (κ1) is 17.4. The van der Waals surface area contributed by atoms with Crippen LogP contribution < -0.4 is 5.32 Å². The van der Waals surface area contributed by atoms with Crippen LogP contribution in [-0.4, -0.2) is 27.2 Å². The molecule has 9 heteroatoms. The van der Waals surface area contributed by atoms with Gasteiger partial charge >= 0.3 is 0 Å². The minimum Gasteiger partial charge on any atom is -0.352 e. The molecule has 1 N–H and O–H groups in total. The van der Waals surface area contributed by atoms with E-state index in [4.69, 9.17) is 11.6 Å². The van der Waals surface area contributed by atoms with Gasteiger partial charge in [-0.15, -0.1) is 0 Å². The maximum atomic E-state index is 12.0. The van der Waals surface area contributed by atoms with Gasteiger partial charge in [0.1, 0.15) is 5.02 Å². The number of carbonyl (C=O) groups excluding carboxylic acids is 1. The summed E-state index contributed by atoms with van der Waals surface area (Å²) >= 11 is 9.10. The first-order chi connectivity index (χ1) is 10.9. The Kier molecular flexibility index (Phi) is 5.73. The number of halogens is 2. The zero-order valence-corrected chi connectivity index (χ0v) is 14.6. The average molecular weight is 402 g/mol. The van der Waals surface area contributed by atoms with Gasteiger partial charge in [0.15, 0.2) is 0 Å². The molecule has 1 aromatic carbocycles. The Balaban J connectivity index is 1.87. The first-order valence-corrected chi connectivity index (χ1v) is 7.97. The molecule has 0 aliphatic heterocycles. The SMILES string of the molecule is Cc1nn(CCCNC(=O)c2ccc(Cl)c([N+](=O)[O-])c2)cc1Br. The van der Waals surface area contributed by atoms with Crippen LogP contribution in [0.3, 0.4) is 0 Å². The van der Waals surface area contributed by atoms with Crippen molar-refractivity contribution >= 4 is 39.1 Å². The number of benzene rings is 1. The van der Waals surface area contributed by atoms with Crippen LogP contribution in [0.4, 0.5) is 5.69 Å². The number of aryl methyl sites for hydroxylation is 2. The largest absolute Gasteiger partial charge is 0.352 e. The van der Waals surface area contributed by atoms with Gasteiger partial charge < -0.3 is 5.32 Å². The van der Waals surface area contributed by atoms with Crippen LogP contribution in [0.5, 0.6) is 0 Å². The summed E-state index contributed by atoms with van der Waals surface area (Å²) in [6.07, 6.45) is 2.56. The van der Waals surface area contributed by atoms with E-state index in [2.05, 4.69) is 26.3 Å². The zero-order valence-electron chi connectivity index (χ0n) is 12.3. The topological polar surface area (TPSA) is 90.1 Å². The third-order valence-corrected chi connectivity index (χ3v) is 4.24. The highest BCUT2D eigenvalue weighted by molar-refractivity contribution is 9.10. The third kappa shape index (κ3) is 4.52. The van der Waals surface area contributed by atoms with Crippen LogP contribution in [0.2, 0.25) is 5.02 Å². The molecule has 0 saturated heterocycles. The van der Waals surface area contributed by atoms with E-state index in [0.717, 1.165) is 10.2 Å². The summed E-state index contributed by atoms with van der Waals surface area (Å²) in [5.41, 5.74) is 0.831. The van der Waals surface area contributed by atoms with Crippen molar-refractivity contribution in [3.05, 3.63) is 55.3 Å². The molecule has 0 aliphatic carbocycles. The number of nitro benzene ring substituents is 1. The molecule has 1 amide bonds. The molecule has 0 radical (unpaired) electrons. The third-order valence-electron chi connectivity index (χ3n) is 3.14. The van der Waals surface area contributed by atoms with E-state index in [1.54, 1.807) is 4.68 Å². The molecule has 0 spiro atoms. The van der Waals surface area contributed by atoms with E-state index >= 15 is 0 Å². The quantitative estimate of drug-likeness (QED) is 0.457. The summed E-state index contributed by atoms with van der Waals surface area (Å²) in [6.45, 7) is 3.00. The van der Waals surface area contributed by atoms with Crippen LogP contribution in [0.25, 0.3) is 0 Å². The van der Waals surface area contributed by atoms with Crippen molar-refractivity contribution in [1.82, 2.24) is 15.1 Å². The number of amides is 1. The standard InChI is InChI=1S/C14H14BrClN4O3/c1-9-11(15)8-19(18-9)6-2-5-17-14(21)10-3-4-12(16)13(7-10)20(22)23/h3-4,7-8H,2,5-6H2,1H3,(H,17,21). The molecule has 0 fully saturated rings. The minimum absolute atomic E-state index is 0.00572. The predicted octanol–water partition coefficient (Wildman–Crippen LogP) is 3.34. The van der Waals surface area contributed by atoms with Gasteiger partial charge in [0.05, 0.1) is 15.1 Å². The van der Waals surface area contributed by atoms with Crippen LogP contribution >= 0.6 is 27.5 Å². The summed E-state index contributed by atoms with van der Waals surface area (Å²) in [7, 11) is 0. The maximum absolute atomic E-state index is 12.0. The van der Waals surface area contributed by atoms with Gasteiger partial charge in [0.2, 0.25) is 0 Å². The van der Waals surface area contributed by atoms with Crippen molar-refractivity contribution in [2.75, 3.05) is 6.54 Å². The van der Waals surface area contributed by atoms with E-state index in [1.165, 1.54) is 18.2 Å². The Hall–Kier alpha value is -1.93. The Bertz CT molecular complexity index is 728. The number of aromatic nitrogens is 2. The van der Waals surface area contributed by atoms with Gasteiger partial charge in [0, 0.05) is 30.9 Å². The minimum atomic E-state index is -0.614. The Morgan fingerprint density at radius 1 is 1.52 bits per heavy atom. The molecular weight excluding hydrogens is 388 g/mol. The summed E-state index contributed by atoms with van der Waals surface area (Å²) in [5.74, 6) is -0.373. The van der Waals surface area contributed by atoms with Crippen molar-refractivity contribution in [2.45, 2.75) is 19.9 Å². The van der Waals surface area contributed by atoms with Gasteiger partial charge in [-0.3, -0.25) is 19.6 Å². The lowest BCUT2D eigenvalue weighted by Gasteiger charge is -2.06. The van der Waals surface area contributed by atoms with E-state index in [9.17, 15) is 14.9 Å². The Morgan fingerprint density at radius 2 is 2.26 bits per heavy atom. The van der Waals surface area contributed by atoms with Crippen molar-refractivity contribution in [3.63, 3.8) is 0 Å². The number of nitrogens with one attached hydrogen (secondary N) is 1. The fourth-order valence-electron chi connectivity index (χ4n) is 1.95. The van der Waals surface area contributed by atoms with Crippen molar-refractivity contribution in [2.24, 2.45) is 0 Å². The normalized spacial score (nSPS) is 10.6. The molecule has 0 saturated carbocycles. The van der Waals surface area contributed by atoms with E-state index < -0.39 is 4.92 Å². The van der Waals surface area contributed by atoms with Crippen LogP contribution in [0, 0.1) is 17.0 Å². The molecule has 2 rings (SSSR count). The van der Waals surface area contributed by atoms with E-state index in [0.29, 0.717) is 19.5 Å². The van der Waals surface area contributed by atoms with Gasteiger partial charge in [0.25, 0.3) is 11.6 Å². The van der Waals surface area contributed by atoms with Crippen LogP contribution in [-0.2, 0) is 6.54 Å². The van der Waals surface area contributed by atoms with Gasteiger partial charge in [-0.1, -0.05) is 11.6 Å². The summed E-state index contributed by atoms with van der Waals surface area (Å²) < 4.78 is 2.73. The highest BCUT2D eigenvalue weighted by Crippen LogP contribution is 2.24. The fraction of sp³-hybridized carbons (Fsp3) is 0.286. The summed E-state index contributed by atoms with van der Waals surface area (Å²) in [6, 6.07) is 3.98. The molecule has 7 nitrogen and oxygen atoms in total. The summed E-state index contributed by atoms with van der Waals surface area (Å²) in [4.78, 5) is 22.2. The van der Waals surface area contributed by atoms with E-state index in [-0.39, 0.29) is 22.2 Å². The zero-order chi connectivity index (χ0) is 17.0. The predicted molar refractivity (Wildman–Crippen MR) is 89.7 cm³/mol. The summed E-state index contributed by atoms with van der Waals surface area (Å²) in [5, 5.41) is 17.8. The molecular formula is C14H14BrClN4O3. The molecule has 0 atom stereocenters. The molecule has 2 aromatic rings. The van der Waals surface area contributed by atoms with Gasteiger partial charge in [-0.2, -0.15) is 5.10 Å². The van der Waals surface area contributed by atoms with Crippen LogP contribution in [0.1, 0.15) is 22.5 Å². The molecule has 1 heterocycles. The monoisotopic (exact) mass is 400 g/mol. The molecule has 23 heavy (non-hydrogen) atoms. The second-order valence-electron chi connectivity index (χ2n) is 4.86. The number of nitrogens with zero attached hydrogens (tertiary/aromatic N) is 3. The van der Waals surface area contributed by atoms with Crippen LogP contribution in [0.15, 0.2) is 28.9 Å². The number of carbonyl (C=O) groups is 1. The number of nitro groups is 1. The van der Waals surface area contributed by atoms with E-state index in [1.807, 2.05) is 13.1 Å². The number of hydrogen-bond donors (Lipinski definition) is 1. The highest BCUT2D eigenvalue weighted by atomic mass is 79.9. The molecule has 0 unspecified atom stereocenters. The lowest BCUT2D eigenvalue weighted by Crippen LogP contribution is -2.25. The van der Waals surface area contributed by atoms with Gasteiger partial charge in [-0.25, -0.2) is 0 Å².